The topological polar surface area (TPSA) is 51.0 Å². The Kier molecular flexibility index (Phi) is 2.88. The van der Waals surface area contributed by atoms with E-state index in [1.807, 2.05) is 4.68 Å². The molecule has 0 bridgehead atoms. The predicted octanol–water partition coefficient (Wildman–Crippen LogP) is -0.0570. The summed E-state index contributed by atoms with van der Waals surface area (Å²) in [5, 5.41) is 4.03. The van der Waals surface area contributed by atoms with Crippen LogP contribution in [0.1, 0.15) is 12.8 Å². The third kappa shape index (κ3) is 2.38. The maximum Gasteiger partial charge on any atom is 0.137 e. The van der Waals surface area contributed by atoms with E-state index >= 15 is 0 Å². The number of hydrogen-bond donors (Lipinski definition) is 0. The number of carbonyl (C=O) groups is 1. The molecule has 1 saturated heterocycles. The molecule has 0 aromatic carbocycles. The van der Waals surface area contributed by atoms with E-state index < -0.39 is 0 Å². The first-order valence-corrected chi connectivity index (χ1v) is 4.91. The molecule has 0 aliphatic carbocycles. The molecule has 0 amide bonds. The van der Waals surface area contributed by atoms with Crippen molar-refractivity contribution in [1.82, 2.24) is 19.7 Å². The van der Waals surface area contributed by atoms with Gasteiger partial charge in [-0.05, 0) is 0 Å². The Morgan fingerprint density at radius 3 is 2.71 bits per heavy atom. The summed E-state index contributed by atoms with van der Waals surface area (Å²) in [6.07, 6.45) is 4.67. The van der Waals surface area contributed by atoms with Crippen molar-refractivity contribution in [2.45, 2.75) is 19.4 Å². The Morgan fingerprint density at radius 2 is 2.07 bits per heavy atom. The van der Waals surface area contributed by atoms with Crippen LogP contribution in [0.3, 0.4) is 0 Å². The second kappa shape index (κ2) is 4.32. The predicted molar refractivity (Wildman–Crippen MR) is 50.7 cm³/mol. The van der Waals surface area contributed by atoms with Gasteiger partial charge in [-0.1, -0.05) is 0 Å². The minimum Gasteiger partial charge on any atom is -0.301 e. The fourth-order valence-electron chi connectivity index (χ4n) is 1.62. The Bertz CT molecular complexity index is 286. The fraction of sp³-hybridized carbons (Fsp3) is 0.667. The third-order valence-electron chi connectivity index (χ3n) is 2.53. The van der Waals surface area contributed by atoms with Crippen LogP contribution >= 0.6 is 0 Å². The molecule has 1 fully saturated rings. The van der Waals surface area contributed by atoms with Gasteiger partial charge in [-0.2, -0.15) is 5.10 Å². The number of likely N-dealkylation sites (tertiary alicyclic amines) is 1. The lowest BCUT2D eigenvalue weighted by molar-refractivity contribution is -0.121. The number of piperidine rings is 1. The zero-order valence-corrected chi connectivity index (χ0v) is 8.09. The summed E-state index contributed by atoms with van der Waals surface area (Å²) >= 11 is 0. The lowest BCUT2D eigenvalue weighted by Gasteiger charge is -2.25. The summed E-state index contributed by atoms with van der Waals surface area (Å²) in [7, 11) is 0. The van der Waals surface area contributed by atoms with Crippen molar-refractivity contribution in [3.05, 3.63) is 12.7 Å². The first-order chi connectivity index (χ1) is 6.84. The van der Waals surface area contributed by atoms with Crippen LogP contribution in [0.2, 0.25) is 0 Å². The highest BCUT2D eigenvalue weighted by Crippen LogP contribution is 2.04. The summed E-state index contributed by atoms with van der Waals surface area (Å²) in [4.78, 5) is 17.2. The monoisotopic (exact) mass is 194 g/mol. The number of nitrogens with zero attached hydrogens (tertiary/aromatic N) is 4. The van der Waals surface area contributed by atoms with Crippen LogP contribution in [-0.4, -0.2) is 45.1 Å². The molecular formula is C9H14N4O. The number of ketones is 1. The molecule has 0 N–H and O–H groups in total. The lowest BCUT2D eigenvalue weighted by Crippen LogP contribution is -2.36. The largest absolute Gasteiger partial charge is 0.301 e. The normalized spacial score (nSPS) is 18.7. The molecule has 0 spiro atoms. The van der Waals surface area contributed by atoms with Crippen LogP contribution < -0.4 is 0 Å². The van der Waals surface area contributed by atoms with Gasteiger partial charge in [0, 0.05) is 32.5 Å². The fourth-order valence-corrected chi connectivity index (χ4v) is 1.62. The van der Waals surface area contributed by atoms with Gasteiger partial charge in [0.05, 0.1) is 6.54 Å². The molecule has 0 radical (unpaired) electrons. The van der Waals surface area contributed by atoms with Gasteiger partial charge in [0.1, 0.15) is 18.4 Å². The zero-order valence-electron chi connectivity index (χ0n) is 8.09. The summed E-state index contributed by atoms with van der Waals surface area (Å²) in [6.45, 7) is 3.60. The molecule has 0 unspecified atom stereocenters. The van der Waals surface area contributed by atoms with E-state index in [4.69, 9.17) is 0 Å². The van der Waals surface area contributed by atoms with Crippen LogP contribution in [0, 0.1) is 0 Å². The smallest absolute Gasteiger partial charge is 0.137 e. The highest BCUT2D eigenvalue weighted by Gasteiger charge is 2.15. The van der Waals surface area contributed by atoms with E-state index in [2.05, 4.69) is 15.0 Å². The number of aromatic nitrogens is 3. The minimum absolute atomic E-state index is 0.391. The van der Waals surface area contributed by atoms with Gasteiger partial charge in [-0.3, -0.25) is 9.48 Å². The van der Waals surface area contributed by atoms with Gasteiger partial charge in [0.2, 0.25) is 0 Å². The van der Waals surface area contributed by atoms with E-state index in [1.54, 1.807) is 12.7 Å². The highest BCUT2D eigenvalue weighted by atomic mass is 16.1. The summed E-state index contributed by atoms with van der Waals surface area (Å²) in [6, 6.07) is 0. The van der Waals surface area contributed by atoms with Crippen LogP contribution in [0.4, 0.5) is 0 Å². The molecule has 0 saturated carbocycles. The maximum atomic E-state index is 11.0. The molecule has 1 aliphatic rings. The number of rotatable bonds is 3. The van der Waals surface area contributed by atoms with Crippen LogP contribution in [0.25, 0.3) is 0 Å². The van der Waals surface area contributed by atoms with Crippen molar-refractivity contribution in [1.29, 1.82) is 0 Å². The van der Waals surface area contributed by atoms with Gasteiger partial charge in [-0.25, -0.2) is 4.98 Å². The Balaban J connectivity index is 1.73. The van der Waals surface area contributed by atoms with Gasteiger partial charge < -0.3 is 4.90 Å². The maximum absolute atomic E-state index is 11.0. The third-order valence-corrected chi connectivity index (χ3v) is 2.53. The Hall–Kier alpha value is -1.23. The first kappa shape index (κ1) is 9.33. The number of hydrogen-bond acceptors (Lipinski definition) is 4. The van der Waals surface area contributed by atoms with E-state index in [-0.39, 0.29) is 0 Å². The van der Waals surface area contributed by atoms with Crippen molar-refractivity contribution in [2.24, 2.45) is 0 Å². The molecular weight excluding hydrogens is 180 g/mol. The molecule has 1 aromatic heterocycles. The molecule has 1 aliphatic heterocycles. The van der Waals surface area contributed by atoms with Gasteiger partial charge >= 0.3 is 0 Å². The van der Waals surface area contributed by atoms with Crippen LogP contribution in [-0.2, 0) is 11.3 Å². The highest BCUT2D eigenvalue weighted by molar-refractivity contribution is 5.79. The summed E-state index contributed by atoms with van der Waals surface area (Å²) in [5.41, 5.74) is 0. The Labute approximate surface area is 82.7 Å². The van der Waals surface area contributed by atoms with E-state index in [0.29, 0.717) is 18.6 Å². The van der Waals surface area contributed by atoms with Crippen molar-refractivity contribution in [2.75, 3.05) is 19.6 Å². The number of Topliss-reactive ketones (excluding diaryl/α,β-unsaturated/α-hetero) is 1. The van der Waals surface area contributed by atoms with Gasteiger partial charge in [0.15, 0.2) is 0 Å². The van der Waals surface area contributed by atoms with Crippen molar-refractivity contribution in [3.63, 3.8) is 0 Å². The molecule has 14 heavy (non-hydrogen) atoms. The van der Waals surface area contributed by atoms with E-state index in [1.165, 1.54) is 0 Å². The lowest BCUT2D eigenvalue weighted by atomic mass is 10.1. The van der Waals surface area contributed by atoms with E-state index in [0.717, 1.165) is 26.2 Å². The van der Waals surface area contributed by atoms with Crippen molar-refractivity contribution < 1.29 is 4.79 Å². The van der Waals surface area contributed by atoms with Gasteiger partial charge in [-0.15, -0.1) is 0 Å². The first-order valence-electron chi connectivity index (χ1n) is 4.91. The van der Waals surface area contributed by atoms with Crippen LogP contribution in [0.5, 0.6) is 0 Å². The second-order valence-corrected chi connectivity index (χ2v) is 3.54. The summed E-state index contributed by atoms with van der Waals surface area (Å²) < 4.78 is 1.82. The standard InChI is InChI=1S/C9H14N4O/c14-9-1-3-12(4-2-9)5-6-13-8-10-7-11-13/h7-8H,1-6H2. The molecule has 1 aromatic rings. The number of carbonyl (C=O) groups excluding carboxylic acids is 1. The Morgan fingerprint density at radius 1 is 1.29 bits per heavy atom. The molecule has 2 heterocycles. The summed E-state index contributed by atoms with van der Waals surface area (Å²) in [5.74, 6) is 0.391. The molecule has 76 valence electrons. The average Bonchev–Trinajstić information content (AvgIpc) is 2.70. The second-order valence-electron chi connectivity index (χ2n) is 3.54. The molecule has 0 atom stereocenters. The quantitative estimate of drug-likeness (QED) is 0.676. The van der Waals surface area contributed by atoms with Crippen LogP contribution in [0.15, 0.2) is 12.7 Å². The molecule has 5 heteroatoms. The average molecular weight is 194 g/mol. The molecule has 2 rings (SSSR count). The van der Waals surface area contributed by atoms with E-state index in [9.17, 15) is 4.79 Å². The SMILES string of the molecule is O=C1CCN(CCn2cncn2)CC1. The zero-order chi connectivity index (χ0) is 9.80. The van der Waals surface area contributed by atoms with Crippen molar-refractivity contribution >= 4 is 5.78 Å². The van der Waals surface area contributed by atoms with Crippen molar-refractivity contribution in [3.8, 4) is 0 Å². The molecule has 5 nitrogen and oxygen atoms in total. The van der Waals surface area contributed by atoms with Gasteiger partial charge in [0.25, 0.3) is 0 Å². The minimum atomic E-state index is 0.391.